The van der Waals surface area contributed by atoms with Crippen molar-refractivity contribution in [3.63, 3.8) is 0 Å². The van der Waals surface area contributed by atoms with E-state index in [1.807, 2.05) is 6.08 Å². The van der Waals surface area contributed by atoms with Gasteiger partial charge in [-0.1, -0.05) is 18.0 Å². The van der Waals surface area contributed by atoms with Gasteiger partial charge in [-0.15, -0.1) is 0 Å². The molecule has 12 heteroatoms. The van der Waals surface area contributed by atoms with E-state index in [0.717, 1.165) is 68.4 Å². The number of ether oxygens (including phenoxy) is 3. The van der Waals surface area contributed by atoms with Gasteiger partial charge in [-0.05, 0) is 69.5 Å². The number of piperidine rings is 1. The Kier molecular flexibility index (Phi) is 12.5. The number of imidazole rings is 1. The van der Waals surface area contributed by atoms with Crippen LogP contribution < -0.4 is 10.2 Å². The zero-order valence-corrected chi connectivity index (χ0v) is 25.9. The number of nitrogens with one attached hydrogen (secondary N) is 1. The molecule has 2 saturated heterocycles. The van der Waals surface area contributed by atoms with Crippen molar-refractivity contribution in [2.24, 2.45) is 0 Å². The first-order valence-electron chi connectivity index (χ1n) is 14.7. The number of pyridine rings is 1. The van der Waals surface area contributed by atoms with Crippen LogP contribution in [-0.4, -0.2) is 65.5 Å². The van der Waals surface area contributed by atoms with Gasteiger partial charge in [0.05, 0.1) is 50.6 Å². The summed E-state index contributed by atoms with van der Waals surface area (Å²) < 4.78 is 40.9. The van der Waals surface area contributed by atoms with Gasteiger partial charge in [-0.25, -0.2) is 14.2 Å². The van der Waals surface area contributed by atoms with E-state index in [1.54, 1.807) is 0 Å². The van der Waals surface area contributed by atoms with Crippen LogP contribution in [0, 0.1) is 5.82 Å². The number of H-pyrrole nitrogens is 1. The summed E-state index contributed by atoms with van der Waals surface area (Å²) in [4.78, 5) is 33.3. The molecule has 0 amide bonds. The van der Waals surface area contributed by atoms with Crippen molar-refractivity contribution >= 4 is 23.6 Å². The Hall–Kier alpha value is -3.54. The van der Waals surface area contributed by atoms with Gasteiger partial charge in [0, 0.05) is 35.5 Å². The summed E-state index contributed by atoms with van der Waals surface area (Å²) >= 11 is 5.61. The molecule has 3 aromatic rings. The number of carbonyl (C=O) groups is 1. The minimum absolute atomic E-state index is 0.0919. The Morgan fingerprint density at radius 2 is 1.93 bits per heavy atom. The Labute approximate surface area is 260 Å². The topological polar surface area (TPSA) is 98.7 Å². The molecule has 0 saturated carbocycles. The Balaban J connectivity index is 0.000000203. The lowest BCUT2D eigenvalue weighted by Crippen LogP contribution is -2.34. The summed E-state index contributed by atoms with van der Waals surface area (Å²) in [6, 6.07) is 6.94. The summed E-state index contributed by atoms with van der Waals surface area (Å²) in [6.45, 7) is 4.97. The molecule has 0 spiro atoms. The number of fused-ring (bicyclic) bond motifs is 1. The molecule has 44 heavy (non-hydrogen) atoms. The summed E-state index contributed by atoms with van der Waals surface area (Å²) in [5, 5.41) is 0.308. The van der Waals surface area contributed by atoms with Crippen molar-refractivity contribution in [3.8, 4) is 5.75 Å². The molecule has 6 rings (SSSR count). The number of nitrogens with zero attached hydrogens (tertiary/aromatic N) is 3. The zero-order chi connectivity index (χ0) is 31.5. The predicted molar refractivity (Wildman–Crippen MR) is 164 cm³/mol. The molecule has 0 bridgehead atoms. The lowest BCUT2D eigenvalue weighted by atomic mass is 10.00. The minimum atomic E-state index is -0.532. The number of methoxy groups -OCH3 is 1. The van der Waals surface area contributed by atoms with Crippen molar-refractivity contribution in [2.75, 3.05) is 34.0 Å². The van der Waals surface area contributed by atoms with E-state index in [4.69, 9.17) is 30.8 Å². The first-order valence-corrected chi connectivity index (χ1v) is 15.1. The van der Waals surface area contributed by atoms with Crippen LogP contribution >= 0.6 is 11.6 Å². The second-order valence-corrected chi connectivity index (χ2v) is 11.1. The molecular formula is C32H39ClF2N4O5. The average molecular weight is 633 g/mol. The van der Waals surface area contributed by atoms with E-state index in [9.17, 15) is 18.4 Å². The highest BCUT2D eigenvalue weighted by Gasteiger charge is 2.27. The van der Waals surface area contributed by atoms with Crippen LogP contribution in [0.1, 0.15) is 55.0 Å². The molecule has 1 unspecified atom stereocenters. The predicted octanol–water partition coefficient (Wildman–Crippen LogP) is 5.49. The zero-order valence-electron chi connectivity index (χ0n) is 25.1. The molecule has 9 nitrogen and oxygen atoms in total. The quantitative estimate of drug-likeness (QED) is 0.328. The third kappa shape index (κ3) is 8.99. The number of carbonyl (C=O) groups excluding carboxylic acids is 1. The maximum atomic E-state index is 13.4. The molecule has 1 aliphatic carbocycles. The first kappa shape index (κ1) is 33.4. The third-order valence-electron chi connectivity index (χ3n) is 7.65. The van der Waals surface area contributed by atoms with E-state index in [-0.39, 0.29) is 29.9 Å². The third-order valence-corrected chi connectivity index (χ3v) is 7.89. The molecule has 2 aromatic heterocycles. The van der Waals surface area contributed by atoms with E-state index < -0.39 is 5.82 Å². The lowest BCUT2D eigenvalue weighted by Gasteiger charge is -2.30. The highest BCUT2D eigenvalue weighted by Crippen LogP contribution is 2.28. The van der Waals surface area contributed by atoms with Crippen LogP contribution in [0.15, 0.2) is 46.9 Å². The number of aromatic nitrogens is 3. The van der Waals surface area contributed by atoms with Crippen LogP contribution in [0.4, 0.5) is 8.78 Å². The maximum absolute atomic E-state index is 13.4. The maximum Gasteiger partial charge on any atom is 0.333 e. The summed E-state index contributed by atoms with van der Waals surface area (Å²) in [7, 11) is 1.94. The monoisotopic (exact) mass is 632 g/mol. The van der Waals surface area contributed by atoms with Crippen LogP contribution in [0.2, 0.25) is 5.02 Å². The Morgan fingerprint density at radius 3 is 2.59 bits per heavy atom. The van der Waals surface area contributed by atoms with Crippen molar-refractivity contribution in [1.82, 2.24) is 19.4 Å². The molecule has 238 valence electrons. The van der Waals surface area contributed by atoms with E-state index >= 15 is 0 Å². The van der Waals surface area contributed by atoms with E-state index in [1.165, 1.54) is 62.9 Å². The normalized spacial score (nSPS) is 17.5. The number of esters is 1. The highest BCUT2D eigenvalue weighted by atomic mass is 35.5. The number of rotatable bonds is 8. The molecule has 4 heterocycles. The van der Waals surface area contributed by atoms with Crippen molar-refractivity contribution < 1.29 is 27.8 Å². The van der Waals surface area contributed by atoms with Crippen LogP contribution in [0.3, 0.4) is 0 Å². The van der Waals surface area contributed by atoms with E-state index in [2.05, 4.69) is 14.5 Å². The van der Waals surface area contributed by atoms with Crippen molar-refractivity contribution in [2.45, 2.75) is 64.3 Å². The van der Waals surface area contributed by atoms with E-state index in [0.29, 0.717) is 24.3 Å². The van der Waals surface area contributed by atoms with Gasteiger partial charge < -0.3 is 23.8 Å². The van der Waals surface area contributed by atoms with Gasteiger partial charge in [0.25, 0.3) is 0 Å². The number of aryl methyl sites for hydroxylation is 1. The summed E-state index contributed by atoms with van der Waals surface area (Å²) in [5.74, 6) is 0.454. The lowest BCUT2D eigenvalue weighted by molar-refractivity contribution is -0.136. The summed E-state index contributed by atoms with van der Waals surface area (Å²) in [6.07, 6.45) is 10.3. The number of hydrogen-bond acceptors (Lipinski definition) is 7. The largest absolute Gasteiger partial charge is 0.484 e. The Morgan fingerprint density at radius 1 is 1.16 bits per heavy atom. The molecule has 1 N–H and O–H groups in total. The smallest absolute Gasteiger partial charge is 0.333 e. The number of halogens is 3. The van der Waals surface area contributed by atoms with Crippen molar-refractivity contribution in [1.29, 1.82) is 0 Å². The second-order valence-electron chi connectivity index (χ2n) is 10.7. The van der Waals surface area contributed by atoms with Gasteiger partial charge in [0.2, 0.25) is 0 Å². The standard InChI is InChI=1S/C19H27N3O3.C12H9ClFNO2.CH3F/c1-24-19(23)14-5-6-16-17(11-14)22(12-15-7-10-25-15)18(20-16)13-21-8-3-2-4-9-21;13-8-1-2-12(11(14)5-8)17-7-9-6-10(16)3-4-15-9;1-2/h11,15H,2-10,12-13H2,1H3;1-6H,7H2,(H,15,16);1H3. The van der Waals surface area contributed by atoms with Gasteiger partial charge >= 0.3 is 5.97 Å². The van der Waals surface area contributed by atoms with Crippen LogP contribution in [-0.2, 0) is 40.4 Å². The van der Waals surface area contributed by atoms with Crippen LogP contribution in [0.5, 0.6) is 5.75 Å². The molecule has 1 aromatic carbocycles. The fourth-order valence-electron chi connectivity index (χ4n) is 5.29. The van der Waals surface area contributed by atoms with Crippen LogP contribution in [0.25, 0.3) is 6.08 Å². The minimum Gasteiger partial charge on any atom is -0.484 e. The fraction of sp³-hybridized carbons (Fsp3) is 0.469. The van der Waals surface area contributed by atoms with Crippen molar-refractivity contribution in [3.05, 3.63) is 86.1 Å². The summed E-state index contributed by atoms with van der Waals surface area (Å²) in [5.41, 5.74) is 3.38. The van der Waals surface area contributed by atoms with Gasteiger partial charge in [-0.2, -0.15) is 0 Å². The molecule has 2 fully saturated rings. The van der Waals surface area contributed by atoms with Gasteiger partial charge in [-0.3, -0.25) is 14.1 Å². The molecule has 3 aliphatic rings. The first-order chi connectivity index (χ1) is 21.4. The van der Waals surface area contributed by atoms with Gasteiger partial charge in [0.15, 0.2) is 17.0 Å². The second kappa shape index (κ2) is 16.5. The number of aromatic amines is 1. The number of benzene rings is 1. The number of hydrogen-bond donors (Lipinski definition) is 1. The average Bonchev–Trinajstić information content (AvgIpc) is 3.35. The number of likely N-dealkylation sites (tertiary alicyclic amines) is 1. The highest BCUT2D eigenvalue weighted by molar-refractivity contribution is 6.30. The Bertz CT molecular complexity index is 1480. The number of alkyl halides is 1. The molecule has 1 atom stereocenters. The molecule has 2 aliphatic heterocycles. The molecule has 0 radical (unpaired) electrons. The van der Waals surface area contributed by atoms with Gasteiger partial charge in [0.1, 0.15) is 12.4 Å². The molecular weight excluding hydrogens is 594 g/mol. The SMILES string of the molecule is CF.COC(=O)C1=Cc2c(nc(CN3CCCCC3)n2CC2CCO2)CC1.O=c1cc[nH]c(COc2ccc(Cl)cc2F)c1. The fourth-order valence-corrected chi connectivity index (χ4v) is 5.45.